The number of hydrogen-bond acceptors (Lipinski definition) is 4. The van der Waals surface area contributed by atoms with Gasteiger partial charge in [-0.25, -0.2) is 0 Å². The molecule has 3 aromatic rings. The van der Waals surface area contributed by atoms with E-state index in [1.165, 1.54) is 0 Å². The number of halogens is 1. The van der Waals surface area contributed by atoms with Crippen LogP contribution in [0.15, 0.2) is 55.0 Å². The van der Waals surface area contributed by atoms with E-state index in [-0.39, 0.29) is 0 Å². The molecule has 2 aromatic heterocycles. The van der Waals surface area contributed by atoms with Crippen LogP contribution in [0.4, 0.5) is 0 Å². The molecule has 5 nitrogen and oxygen atoms in total. The lowest BCUT2D eigenvalue weighted by Crippen LogP contribution is -2.21. The molecule has 0 spiro atoms. The molecule has 24 heavy (non-hydrogen) atoms. The second-order valence-corrected chi connectivity index (χ2v) is 6.05. The number of aryl methyl sites for hydroxylation is 1. The fraction of sp³-hybridized carbons (Fsp3) is 0.222. The maximum atomic E-state index is 10.2. The first-order valence-electron chi connectivity index (χ1n) is 7.70. The molecule has 0 saturated carbocycles. The highest BCUT2D eigenvalue weighted by molar-refractivity contribution is 6.30. The summed E-state index contributed by atoms with van der Waals surface area (Å²) in [5.74, 6) is 0. The molecular formula is C18H19ClN4O. The maximum Gasteiger partial charge on any atom is 0.0983 e. The number of hydrogen-bond donors (Lipinski definition) is 2. The number of benzene rings is 1. The summed E-state index contributed by atoms with van der Waals surface area (Å²) in [6.45, 7) is 1.06. The smallest absolute Gasteiger partial charge is 0.0983 e. The van der Waals surface area contributed by atoms with Crippen LogP contribution in [-0.2, 0) is 13.6 Å². The van der Waals surface area contributed by atoms with E-state index in [0.717, 1.165) is 22.4 Å². The number of aliphatic hydroxyl groups is 1. The van der Waals surface area contributed by atoms with Crippen LogP contribution in [0.2, 0.25) is 5.02 Å². The van der Waals surface area contributed by atoms with Crippen molar-refractivity contribution in [3.8, 4) is 11.3 Å². The minimum atomic E-state index is -0.583. The monoisotopic (exact) mass is 342 g/mol. The number of pyridine rings is 1. The average Bonchev–Trinajstić information content (AvgIpc) is 2.97. The van der Waals surface area contributed by atoms with Crippen molar-refractivity contribution in [3.63, 3.8) is 0 Å². The molecule has 0 fully saturated rings. The lowest BCUT2D eigenvalue weighted by Gasteiger charge is -2.12. The van der Waals surface area contributed by atoms with Crippen LogP contribution in [0, 0.1) is 0 Å². The van der Waals surface area contributed by atoms with Crippen molar-refractivity contribution >= 4 is 11.6 Å². The van der Waals surface area contributed by atoms with Gasteiger partial charge in [0.1, 0.15) is 0 Å². The van der Waals surface area contributed by atoms with E-state index in [9.17, 15) is 5.11 Å². The first-order chi connectivity index (χ1) is 11.6. The molecule has 0 aliphatic carbocycles. The predicted octanol–water partition coefficient (Wildman–Crippen LogP) is 2.96. The zero-order chi connectivity index (χ0) is 16.9. The predicted molar refractivity (Wildman–Crippen MR) is 94.6 cm³/mol. The number of aliphatic hydroxyl groups excluding tert-OH is 1. The summed E-state index contributed by atoms with van der Waals surface area (Å²) in [6, 6.07) is 11.1. The van der Waals surface area contributed by atoms with Gasteiger partial charge in [0.15, 0.2) is 0 Å². The Balaban J connectivity index is 1.64. The van der Waals surface area contributed by atoms with E-state index in [1.54, 1.807) is 29.2 Å². The SMILES string of the molecule is Cn1cc(CNC[C@H](O)c2ccc(Cl)cc2)c(-c2cccnc2)n1. The Morgan fingerprint density at radius 1 is 1.25 bits per heavy atom. The molecule has 124 valence electrons. The summed E-state index contributed by atoms with van der Waals surface area (Å²) >= 11 is 5.87. The fourth-order valence-corrected chi connectivity index (χ4v) is 2.69. The topological polar surface area (TPSA) is 63.0 Å². The molecule has 3 rings (SSSR count). The molecule has 0 unspecified atom stereocenters. The summed E-state index contributed by atoms with van der Waals surface area (Å²) in [5, 5.41) is 18.7. The van der Waals surface area contributed by atoms with Gasteiger partial charge in [-0.2, -0.15) is 5.10 Å². The number of aromatic nitrogens is 3. The van der Waals surface area contributed by atoms with Crippen molar-refractivity contribution < 1.29 is 5.11 Å². The van der Waals surface area contributed by atoms with Gasteiger partial charge in [0, 0.05) is 54.9 Å². The molecular weight excluding hydrogens is 324 g/mol. The highest BCUT2D eigenvalue weighted by atomic mass is 35.5. The van der Waals surface area contributed by atoms with Crippen LogP contribution in [0.25, 0.3) is 11.3 Å². The van der Waals surface area contributed by atoms with Crippen LogP contribution in [-0.4, -0.2) is 26.4 Å². The minimum Gasteiger partial charge on any atom is -0.387 e. The third-order valence-corrected chi connectivity index (χ3v) is 4.00. The molecule has 0 radical (unpaired) electrons. The lowest BCUT2D eigenvalue weighted by molar-refractivity contribution is 0.174. The molecule has 0 saturated heterocycles. The van der Waals surface area contributed by atoms with Gasteiger partial charge < -0.3 is 10.4 Å². The molecule has 0 aliphatic heterocycles. The molecule has 0 bridgehead atoms. The zero-order valence-electron chi connectivity index (χ0n) is 13.4. The van der Waals surface area contributed by atoms with E-state index >= 15 is 0 Å². The van der Waals surface area contributed by atoms with Crippen LogP contribution >= 0.6 is 11.6 Å². The quantitative estimate of drug-likeness (QED) is 0.723. The van der Waals surface area contributed by atoms with Crippen molar-refractivity contribution in [2.24, 2.45) is 7.05 Å². The Hall–Kier alpha value is -2.21. The van der Waals surface area contributed by atoms with Crippen LogP contribution in [0.1, 0.15) is 17.2 Å². The fourth-order valence-electron chi connectivity index (χ4n) is 2.56. The second kappa shape index (κ2) is 7.57. The third-order valence-electron chi connectivity index (χ3n) is 3.75. The Bertz CT molecular complexity index is 787. The van der Waals surface area contributed by atoms with E-state index in [0.29, 0.717) is 18.1 Å². The normalized spacial score (nSPS) is 12.3. The van der Waals surface area contributed by atoms with Crippen molar-refractivity contribution in [1.82, 2.24) is 20.1 Å². The third kappa shape index (κ3) is 4.00. The first kappa shape index (κ1) is 16.6. The molecule has 2 N–H and O–H groups in total. The Morgan fingerprint density at radius 3 is 2.75 bits per heavy atom. The highest BCUT2D eigenvalue weighted by Gasteiger charge is 2.12. The van der Waals surface area contributed by atoms with Gasteiger partial charge in [-0.05, 0) is 29.8 Å². The Kier molecular flexibility index (Phi) is 5.25. The van der Waals surface area contributed by atoms with Gasteiger partial charge in [0.2, 0.25) is 0 Å². The molecule has 0 aliphatic rings. The number of rotatable bonds is 6. The van der Waals surface area contributed by atoms with Crippen molar-refractivity contribution in [2.45, 2.75) is 12.6 Å². The Labute approximate surface area is 145 Å². The van der Waals surface area contributed by atoms with E-state index in [1.807, 2.05) is 37.5 Å². The van der Waals surface area contributed by atoms with Crippen LogP contribution < -0.4 is 5.32 Å². The lowest BCUT2D eigenvalue weighted by atomic mass is 10.1. The van der Waals surface area contributed by atoms with Gasteiger partial charge in [-0.3, -0.25) is 9.67 Å². The first-order valence-corrected chi connectivity index (χ1v) is 8.08. The van der Waals surface area contributed by atoms with Gasteiger partial charge in [0.05, 0.1) is 11.8 Å². The van der Waals surface area contributed by atoms with Crippen molar-refractivity contribution in [2.75, 3.05) is 6.54 Å². The van der Waals surface area contributed by atoms with Crippen LogP contribution in [0.5, 0.6) is 0 Å². The summed E-state index contributed by atoms with van der Waals surface area (Å²) in [7, 11) is 1.89. The van der Waals surface area contributed by atoms with Crippen molar-refractivity contribution in [1.29, 1.82) is 0 Å². The largest absolute Gasteiger partial charge is 0.387 e. The minimum absolute atomic E-state index is 0.447. The summed E-state index contributed by atoms with van der Waals surface area (Å²) in [5.41, 5.74) is 3.78. The molecule has 1 atom stereocenters. The van der Waals surface area contributed by atoms with E-state index < -0.39 is 6.10 Å². The highest BCUT2D eigenvalue weighted by Crippen LogP contribution is 2.21. The molecule has 0 amide bonds. The molecule has 1 aromatic carbocycles. The van der Waals surface area contributed by atoms with Gasteiger partial charge >= 0.3 is 0 Å². The number of nitrogens with zero attached hydrogens (tertiary/aromatic N) is 3. The Morgan fingerprint density at radius 2 is 2.04 bits per heavy atom. The van der Waals surface area contributed by atoms with Crippen LogP contribution in [0.3, 0.4) is 0 Å². The molecule has 2 heterocycles. The molecule has 6 heteroatoms. The summed E-state index contributed by atoms with van der Waals surface area (Å²) in [4.78, 5) is 4.15. The number of nitrogens with one attached hydrogen (secondary N) is 1. The summed E-state index contributed by atoms with van der Waals surface area (Å²) < 4.78 is 1.79. The van der Waals surface area contributed by atoms with Crippen molar-refractivity contribution in [3.05, 3.63) is 71.1 Å². The standard InChI is InChI=1S/C18H19ClN4O/c1-23-12-15(18(22-23)14-3-2-8-20-9-14)10-21-11-17(24)13-4-6-16(19)7-5-13/h2-9,12,17,21,24H,10-11H2,1H3/t17-/m0/s1. The van der Waals surface area contributed by atoms with Gasteiger partial charge in [-0.1, -0.05) is 23.7 Å². The second-order valence-electron chi connectivity index (χ2n) is 5.62. The van der Waals surface area contributed by atoms with Gasteiger partial charge in [-0.15, -0.1) is 0 Å². The van der Waals surface area contributed by atoms with E-state index in [2.05, 4.69) is 15.4 Å². The zero-order valence-corrected chi connectivity index (χ0v) is 14.1. The average molecular weight is 343 g/mol. The maximum absolute atomic E-state index is 10.2. The van der Waals surface area contributed by atoms with Gasteiger partial charge in [0.25, 0.3) is 0 Å². The summed E-state index contributed by atoms with van der Waals surface area (Å²) in [6.07, 6.45) is 4.94. The van der Waals surface area contributed by atoms with E-state index in [4.69, 9.17) is 11.6 Å².